The number of nitrogens with one attached hydrogen (secondary N) is 1. The van der Waals surface area contributed by atoms with Crippen molar-refractivity contribution < 1.29 is 28.3 Å². The van der Waals surface area contributed by atoms with Crippen LogP contribution in [-0.4, -0.2) is 30.9 Å². The summed E-state index contributed by atoms with van der Waals surface area (Å²) in [5.41, 5.74) is 1.16. The smallest absolute Gasteiger partial charge is 0.337 e. The molecule has 0 spiro atoms. The topological polar surface area (TPSA) is 106 Å². The van der Waals surface area contributed by atoms with E-state index in [1.54, 1.807) is 60.7 Å². The Bertz CT molecular complexity index is 1260. The molecular formula is C23H15BrN2O6. The number of furan rings is 1. The van der Waals surface area contributed by atoms with E-state index >= 15 is 0 Å². The highest BCUT2D eigenvalue weighted by Gasteiger charge is 2.37. The van der Waals surface area contributed by atoms with Crippen molar-refractivity contribution in [3.63, 3.8) is 0 Å². The van der Waals surface area contributed by atoms with Gasteiger partial charge < -0.3 is 9.15 Å². The van der Waals surface area contributed by atoms with Gasteiger partial charge in [-0.2, -0.15) is 0 Å². The van der Waals surface area contributed by atoms with Crippen molar-refractivity contribution >= 4 is 51.5 Å². The fourth-order valence-corrected chi connectivity index (χ4v) is 3.36. The van der Waals surface area contributed by atoms with Crippen LogP contribution in [0.1, 0.15) is 16.1 Å². The maximum Gasteiger partial charge on any atom is 0.337 e. The van der Waals surface area contributed by atoms with Gasteiger partial charge in [0, 0.05) is 10.0 Å². The number of amides is 4. The highest BCUT2D eigenvalue weighted by molar-refractivity contribution is 9.10. The summed E-state index contributed by atoms with van der Waals surface area (Å²) in [6.07, 6.45) is 1.28. The first-order valence-corrected chi connectivity index (χ1v) is 10.1. The van der Waals surface area contributed by atoms with Crippen molar-refractivity contribution in [1.29, 1.82) is 0 Å². The lowest BCUT2D eigenvalue weighted by Crippen LogP contribution is -2.54. The van der Waals surface area contributed by atoms with Crippen molar-refractivity contribution in [2.45, 2.75) is 0 Å². The average Bonchev–Trinajstić information content (AvgIpc) is 3.26. The number of imide groups is 2. The van der Waals surface area contributed by atoms with Crippen LogP contribution in [0.5, 0.6) is 0 Å². The van der Waals surface area contributed by atoms with Gasteiger partial charge in [0.2, 0.25) is 0 Å². The standard InChI is InChI=1S/C23H15BrN2O6/c1-31-22(29)14-4-2-13(3-5-14)19-11-10-17(32-19)12-18-20(27)25-23(30)26(21(18)28)16-8-6-15(24)7-9-16/h2-12H,1H3,(H,25,27,30). The number of carbonyl (C=O) groups excluding carboxylic acids is 4. The van der Waals surface area contributed by atoms with Crippen LogP contribution in [0.15, 0.2) is 75.1 Å². The summed E-state index contributed by atoms with van der Waals surface area (Å²) >= 11 is 3.30. The van der Waals surface area contributed by atoms with Gasteiger partial charge in [0.25, 0.3) is 11.8 Å². The average molecular weight is 495 g/mol. The minimum absolute atomic E-state index is 0.241. The van der Waals surface area contributed by atoms with E-state index in [4.69, 9.17) is 4.42 Å². The molecule has 160 valence electrons. The lowest BCUT2D eigenvalue weighted by Gasteiger charge is -2.26. The van der Waals surface area contributed by atoms with E-state index in [1.165, 1.54) is 13.2 Å². The minimum Gasteiger partial charge on any atom is -0.465 e. The molecule has 3 aromatic rings. The number of ether oxygens (including phenoxy) is 1. The second-order valence-corrected chi connectivity index (χ2v) is 7.62. The van der Waals surface area contributed by atoms with Gasteiger partial charge in [-0.05, 0) is 54.6 Å². The molecule has 1 aliphatic heterocycles. The van der Waals surface area contributed by atoms with Crippen LogP contribution in [0.4, 0.5) is 10.5 Å². The normalized spacial score (nSPS) is 15.1. The number of esters is 1. The Kier molecular flexibility index (Phi) is 5.74. The van der Waals surface area contributed by atoms with Gasteiger partial charge in [-0.3, -0.25) is 14.9 Å². The van der Waals surface area contributed by atoms with Gasteiger partial charge in [0.05, 0.1) is 18.4 Å². The summed E-state index contributed by atoms with van der Waals surface area (Å²) in [5.74, 6) is -1.30. The third-order valence-corrected chi connectivity index (χ3v) is 5.22. The summed E-state index contributed by atoms with van der Waals surface area (Å²) in [6, 6.07) is 15.5. The lowest BCUT2D eigenvalue weighted by atomic mass is 10.1. The summed E-state index contributed by atoms with van der Waals surface area (Å²) < 4.78 is 11.2. The van der Waals surface area contributed by atoms with E-state index in [9.17, 15) is 19.2 Å². The van der Waals surface area contributed by atoms with Gasteiger partial charge in [-0.15, -0.1) is 0 Å². The molecule has 4 rings (SSSR count). The Hall–Kier alpha value is -3.98. The van der Waals surface area contributed by atoms with Gasteiger partial charge in [0.15, 0.2) is 0 Å². The number of anilines is 1. The van der Waals surface area contributed by atoms with E-state index in [0.717, 1.165) is 9.37 Å². The molecule has 0 bridgehead atoms. The highest BCUT2D eigenvalue weighted by atomic mass is 79.9. The first kappa shape index (κ1) is 21.3. The molecule has 1 aromatic heterocycles. The Morgan fingerprint density at radius 1 is 1.00 bits per heavy atom. The molecule has 1 fully saturated rings. The first-order chi connectivity index (χ1) is 15.4. The summed E-state index contributed by atoms with van der Waals surface area (Å²) in [7, 11) is 1.30. The predicted molar refractivity (Wildman–Crippen MR) is 119 cm³/mol. The first-order valence-electron chi connectivity index (χ1n) is 9.33. The van der Waals surface area contributed by atoms with E-state index in [-0.39, 0.29) is 11.3 Å². The zero-order chi connectivity index (χ0) is 22.8. The van der Waals surface area contributed by atoms with Crippen molar-refractivity contribution in [3.8, 4) is 11.3 Å². The summed E-state index contributed by atoms with van der Waals surface area (Å²) in [6.45, 7) is 0. The van der Waals surface area contributed by atoms with Crippen LogP contribution >= 0.6 is 15.9 Å². The third kappa shape index (κ3) is 4.10. The van der Waals surface area contributed by atoms with Gasteiger partial charge in [-0.1, -0.05) is 28.1 Å². The molecule has 1 saturated heterocycles. The molecule has 2 aromatic carbocycles. The van der Waals surface area contributed by atoms with Crippen molar-refractivity contribution in [1.82, 2.24) is 5.32 Å². The van der Waals surface area contributed by atoms with Gasteiger partial charge >= 0.3 is 12.0 Å². The number of carbonyl (C=O) groups is 4. The SMILES string of the molecule is COC(=O)c1ccc(-c2ccc(C=C3C(=O)NC(=O)N(c4ccc(Br)cc4)C3=O)o2)cc1. The van der Waals surface area contributed by atoms with Crippen LogP contribution in [0, 0.1) is 0 Å². The third-order valence-electron chi connectivity index (χ3n) is 4.69. The maximum absolute atomic E-state index is 12.9. The molecule has 0 atom stereocenters. The number of hydrogen-bond acceptors (Lipinski definition) is 6. The van der Waals surface area contributed by atoms with E-state index < -0.39 is 23.8 Å². The molecule has 32 heavy (non-hydrogen) atoms. The highest BCUT2D eigenvalue weighted by Crippen LogP contribution is 2.27. The number of hydrogen-bond donors (Lipinski definition) is 1. The second kappa shape index (κ2) is 8.64. The number of urea groups is 1. The molecule has 4 amide bonds. The maximum atomic E-state index is 12.9. The van der Waals surface area contributed by atoms with Crippen LogP contribution in [0.2, 0.25) is 0 Å². The summed E-state index contributed by atoms with van der Waals surface area (Å²) in [4.78, 5) is 49.9. The Morgan fingerprint density at radius 3 is 2.34 bits per heavy atom. The largest absolute Gasteiger partial charge is 0.465 e. The molecule has 2 heterocycles. The summed E-state index contributed by atoms with van der Waals surface area (Å²) in [5, 5.41) is 2.17. The fourth-order valence-electron chi connectivity index (χ4n) is 3.10. The number of rotatable bonds is 4. The Balaban J connectivity index is 1.61. The molecule has 0 unspecified atom stereocenters. The molecule has 0 radical (unpaired) electrons. The zero-order valence-corrected chi connectivity index (χ0v) is 18.2. The number of halogens is 1. The molecule has 1 N–H and O–H groups in total. The van der Waals surface area contributed by atoms with E-state index in [1.807, 2.05) is 0 Å². The van der Waals surface area contributed by atoms with Crippen molar-refractivity contribution in [3.05, 3.63) is 82.0 Å². The lowest BCUT2D eigenvalue weighted by molar-refractivity contribution is -0.122. The van der Waals surface area contributed by atoms with E-state index in [2.05, 4.69) is 26.0 Å². The second-order valence-electron chi connectivity index (χ2n) is 6.71. The number of barbiturate groups is 1. The van der Waals surface area contributed by atoms with E-state index in [0.29, 0.717) is 22.6 Å². The quantitative estimate of drug-likeness (QED) is 0.331. The number of benzene rings is 2. The van der Waals surface area contributed by atoms with Crippen LogP contribution in [0.25, 0.3) is 17.4 Å². The monoisotopic (exact) mass is 494 g/mol. The van der Waals surface area contributed by atoms with Crippen LogP contribution < -0.4 is 10.2 Å². The molecule has 1 aliphatic rings. The van der Waals surface area contributed by atoms with Gasteiger partial charge in [-0.25, -0.2) is 14.5 Å². The minimum atomic E-state index is -0.828. The Morgan fingerprint density at radius 2 is 1.69 bits per heavy atom. The van der Waals surface area contributed by atoms with Crippen molar-refractivity contribution in [2.24, 2.45) is 0 Å². The Labute approximate surface area is 190 Å². The fraction of sp³-hybridized carbons (Fsp3) is 0.0435. The molecule has 0 aliphatic carbocycles. The van der Waals surface area contributed by atoms with Crippen molar-refractivity contribution in [2.75, 3.05) is 12.0 Å². The van der Waals surface area contributed by atoms with Gasteiger partial charge in [0.1, 0.15) is 17.1 Å². The number of nitrogens with zero attached hydrogens (tertiary/aromatic N) is 1. The molecule has 9 heteroatoms. The van der Waals surface area contributed by atoms with Crippen LogP contribution in [-0.2, 0) is 14.3 Å². The number of methoxy groups -OCH3 is 1. The predicted octanol–water partition coefficient (Wildman–Crippen LogP) is 4.16. The van der Waals surface area contributed by atoms with Crippen LogP contribution in [0.3, 0.4) is 0 Å². The zero-order valence-electron chi connectivity index (χ0n) is 16.6. The molecular weight excluding hydrogens is 480 g/mol. The molecule has 0 saturated carbocycles. The molecule has 8 nitrogen and oxygen atoms in total.